The fraction of sp³-hybridized carbons (Fsp3) is 0.422. The van der Waals surface area contributed by atoms with Gasteiger partial charge in [-0.1, -0.05) is 68.3 Å². The Morgan fingerprint density at radius 2 is 1.30 bits per heavy atom. The smallest absolute Gasteiger partial charge is 0.243 e. The van der Waals surface area contributed by atoms with Gasteiger partial charge in [-0.3, -0.25) is 43.3 Å². The lowest BCUT2D eigenvalue weighted by Crippen LogP contribution is -2.59. The molecule has 2 heterocycles. The summed E-state index contributed by atoms with van der Waals surface area (Å²) in [4.78, 5) is 120. The number of amides is 8. The van der Waals surface area contributed by atoms with Crippen LogP contribution in [0.25, 0.3) is 10.9 Å². The Labute approximate surface area is 387 Å². The standard InChI is InChI=1S/C45H62N14O8/c1-4-5-15-33(55-27(3)60)41(64)52-24-38(61)56-37(21-30-23-49-25-53-30)44(67)59-36(19-28-12-7-6-8-13-28)43(66)57-34(17-11-18-50-45(47)48)42(65)54-26(2)40(63)58-35(39(46)62)20-29-22-51-32-16-10-9-14-31(29)32/h6-10,12-14,16,22-23,25-26,33-37,51H,4-5,11,15,17-21,24H2,1-3H3,(H2,46,62)(H,49,53)(H,52,64)(H,54,65)(H,55,60)(H,56,61)(H,57,66)(H,58,63)(H,59,67)(H4,47,48,50)/t26-,33-,34-,35+,36+,37-/m0/s1. The number of rotatable bonds is 27. The van der Waals surface area contributed by atoms with Crippen molar-refractivity contribution in [3.63, 3.8) is 0 Å². The summed E-state index contributed by atoms with van der Waals surface area (Å²) in [6, 6.07) is 9.09. The number of nitrogens with one attached hydrogen (secondary N) is 9. The van der Waals surface area contributed by atoms with Gasteiger partial charge in [0, 0.05) is 61.7 Å². The van der Waals surface area contributed by atoms with E-state index < -0.39 is 90.1 Å². The van der Waals surface area contributed by atoms with Gasteiger partial charge in [0.1, 0.15) is 36.3 Å². The number of guanidine groups is 1. The van der Waals surface area contributed by atoms with Crippen LogP contribution in [-0.2, 0) is 57.6 Å². The molecule has 2 aromatic heterocycles. The van der Waals surface area contributed by atoms with Crippen LogP contribution in [0, 0.1) is 0 Å². The summed E-state index contributed by atoms with van der Waals surface area (Å²) in [5.41, 5.74) is 19.4. The molecule has 0 fully saturated rings. The molecule has 22 nitrogen and oxygen atoms in total. The molecule has 0 aliphatic rings. The monoisotopic (exact) mass is 926 g/mol. The number of para-hydroxylation sites is 1. The number of primary amides is 1. The summed E-state index contributed by atoms with van der Waals surface area (Å²) >= 11 is 0. The first-order valence-corrected chi connectivity index (χ1v) is 22.0. The van der Waals surface area contributed by atoms with Gasteiger partial charge < -0.3 is 64.4 Å². The molecule has 67 heavy (non-hydrogen) atoms. The van der Waals surface area contributed by atoms with Gasteiger partial charge in [-0.05, 0) is 43.4 Å². The number of carbonyl (C=O) groups excluding carboxylic acids is 8. The number of nitrogens with two attached hydrogens (primary N) is 3. The number of hydrogen-bond donors (Lipinski definition) is 12. The highest BCUT2D eigenvalue weighted by Gasteiger charge is 2.32. The zero-order chi connectivity index (χ0) is 48.9. The molecular formula is C45H62N14O8. The summed E-state index contributed by atoms with van der Waals surface area (Å²) in [6.07, 6.45) is 6.49. The van der Waals surface area contributed by atoms with Gasteiger partial charge in [-0.25, -0.2) is 4.98 Å². The number of carbonyl (C=O) groups is 8. The van der Waals surface area contributed by atoms with Gasteiger partial charge >= 0.3 is 0 Å². The van der Waals surface area contributed by atoms with E-state index in [-0.39, 0.29) is 44.6 Å². The van der Waals surface area contributed by atoms with Crippen molar-refractivity contribution in [2.75, 3.05) is 13.1 Å². The second-order valence-corrected chi connectivity index (χ2v) is 16.0. The lowest BCUT2D eigenvalue weighted by Gasteiger charge is -2.26. The van der Waals surface area contributed by atoms with Gasteiger partial charge in [0.05, 0.1) is 12.9 Å². The Hall–Kier alpha value is -7.78. The number of imidazole rings is 1. The van der Waals surface area contributed by atoms with E-state index in [1.807, 2.05) is 31.2 Å². The predicted molar refractivity (Wildman–Crippen MR) is 249 cm³/mol. The van der Waals surface area contributed by atoms with Gasteiger partial charge in [0.25, 0.3) is 0 Å². The normalized spacial score (nSPS) is 13.6. The van der Waals surface area contributed by atoms with E-state index >= 15 is 0 Å². The molecule has 0 bridgehead atoms. The fourth-order valence-electron chi connectivity index (χ4n) is 7.08. The minimum atomic E-state index is -1.32. The SMILES string of the molecule is CCCC[C@H](NC(C)=O)C(=O)NCC(=O)N[C@@H](Cc1cnc[nH]1)C(=O)N[C@H](Cc1ccccc1)C(=O)N[C@@H](CCCN=C(N)N)C(=O)N[C@@H](C)C(=O)N[C@H](Cc1c[nH]c2ccccc12)C(N)=O. The van der Waals surface area contributed by atoms with Crippen LogP contribution in [0.1, 0.15) is 69.7 Å². The van der Waals surface area contributed by atoms with Gasteiger partial charge in [-0.15, -0.1) is 0 Å². The Morgan fingerprint density at radius 3 is 1.96 bits per heavy atom. The van der Waals surface area contributed by atoms with Crippen molar-refractivity contribution in [2.24, 2.45) is 22.2 Å². The van der Waals surface area contributed by atoms with Gasteiger partial charge in [-0.2, -0.15) is 0 Å². The lowest BCUT2D eigenvalue weighted by atomic mass is 10.0. The number of hydrogen-bond acceptors (Lipinski definition) is 10. The zero-order valence-electron chi connectivity index (χ0n) is 37.9. The topological polar surface area (TPSA) is 356 Å². The number of fused-ring (bicyclic) bond motifs is 1. The molecule has 4 aromatic rings. The van der Waals surface area contributed by atoms with E-state index in [0.29, 0.717) is 24.1 Å². The number of aliphatic imine (C=N–C) groups is 1. The number of unbranched alkanes of at least 4 members (excludes halogenated alkanes) is 1. The summed E-state index contributed by atoms with van der Waals surface area (Å²) < 4.78 is 0. The van der Waals surface area contributed by atoms with Gasteiger partial charge in [0.15, 0.2) is 5.96 Å². The number of aromatic amines is 2. The molecule has 2 aromatic carbocycles. The quantitative estimate of drug-likeness (QED) is 0.0190. The molecule has 0 saturated heterocycles. The van der Waals surface area contributed by atoms with Crippen LogP contribution in [0.15, 0.2) is 78.3 Å². The number of nitrogens with zero attached hydrogens (tertiary/aromatic N) is 2. The van der Waals surface area contributed by atoms with Crippen molar-refractivity contribution in [1.29, 1.82) is 0 Å². The Kier molecular flexibility index (Phi) is 20.3. The van der Waals surface area contributed by atoms with Crippen molar-refractivity contribution in [3.05, 3.63) is 90.1 Å². The van der Waals surface area contributed by atoms with Crippen LogP contribution in [0.2, 0.25) is 0 Å². The van der Waals surface area contributed by atoms with Crippen molar-refractivity contribution >= 4 is 64.1 Å². The van der Waals surface area contributed by atoms with E-state index in [2.05, 4.69) is 57.2 Å². The van der Waals surface area contributed by atoms with Crippen LogP contribution in [0.3, 0.4) is 0 Å². The maximum atomic E-state index is 14.3. The third-order valence-electron chi connectivity index (χ3n) is 10.6. The summed E-state index contributed by atoms with van der Waals surface area (Å²) in [7, 11) is 0. The maximum Gasteiger partial charge on any atom is 0.243 e. The van der Waals surface area contributed by atoms with Crippen LogP contribution < -0.4 is 54.4 Å². The second-order valence-electron chi connectivity index (χ2n) is 16.0. The molecule has 6 atom stereocenters. The predicted octanol–water partition coefficient (Wildman–Crippen LogP) is -1.29. The Bertz CT molecular complexity index is 2330. The first-order valence-electron chi connectivity index (χ1n) is 22.0. The van der Waals surface area contributed by atoms with E-state index in [1.54, 1.807) is 36.5 Å². The summed E-state index contributed by atoms with van der Waals surface area (Å²) in [5.74, 6) is -5.72. The molecule has 0 unspecified atom stereocenters. The van der Waals surface area contributed by atoms with Crippen LogP contribution >= 0.6 is 0 Å². The van der Waals surface area contributed by atoms with Crippen molar-refractivity contribution in [2.45, 2.75) is 108 Å². The third-order valence-corrected chi connectivity index (χ3v) is 10.6. The van der Waals surface area contributed by atoms with E-state index in [4.69, 9.17) is 17.2 Å². The molecule has 0 saturated carbocycles. The van der Waals surface area contributed by atoms with Crippen molar-refractivity contribution in [3.8, 4) is 0 Å². The number of benzene rings is 2. The second kappa shape index (κ2) is 26.2. The average molecular weight is 927 g/mol. The Balaban J connectivity index is 1.51. The van der Waals surface area contributed by atoms with Gasteiger partial charge in [0.2, 0.25) is 47.3 Å². The maximum absolute atomic E-state index is 14.3. The largest absolute Gasteiger partial charge is 0.370 e. The molecule has 0 aliphatic carbocycles. The van der Waals surface area contributed by atoms with E-state index in [0.717, 1.165) is 22.9 Å². The molecule has 0 spiro atoms. The Morgan fingerprint density at radius 1 is 0.672 bits per heavy atom. The average Bonchev–Trinajstić information content (AvgIpc) is 3.97. The van der Waals surface area contributed by atoms with Crippen LogP contribution in [0.5, 0.6) is 0 Å². The van der Waals surface area contributed by atoms with E-state index in [1.165, 1.54) is 26.4 Å². The molecule has 4 rings (SSSR count). The first kappa shape index (κ1) is 51.9. The molecule has 22 heteroatoms. The highest BCUT2D eigenvalue weighted by molar-refractivity contribution is 5.97. The molecule has 15 N–H and O–H groups in total. The van der Waals surface area contributed by atoms with E-state index in [9.17, 15) is 38.4 Å². The lowest BCUT2D eigenvalue weighted by molar-refractivity contribution is -0.135. The molecular weight excluding hydrogens is 865 g/mol. The zero-order valence-corrected chi connectivity index (χ0v) is 37.9. The highest BCUT2D eigenvalue weighted by atomic mass is 16.2. The van der Waals surface area contributed by atoms with Crippen molar-refractivity contribution < 1.29 is 38.4 Å². The summed E-state index contributed by atoms with van der Waals surface area (Å²) in [5, 5.41) is 19.2. The highest BCUT2D eigenvalue weighted by Crippen LogP contribution is 2.19. The molecule has 8 amide bonds. The molecule has 360 valence electrons. The van der Waals surface area contributed by atoms with Crippen molar-refractivity contribution in [1.82, 2.24) is 52.2 Å². The fourth-order valence-corrected chi connectivity index (χ4v) is 7.08. The summed E-state index contributed by atoms with van der Waals surface area (Å²) in [6.45, 7) is 4.19. The molecule has 0 aliphatic heterocycles. The minimum Gasteiger partial charge on any atom is -0.370 e. The minimum absolute atomic E-state index is 0.00929. The van der Waals surface area contributed by atoms with Crippen LogP contribution in [0.4, 0.5) is 0 Å². The van der Waals surface area contributed by atoms with Crippen LogP contribution in [-0.4, -0.2) is 118 Å². The molecule has 0 radical (unpaired) electrons. The third kappa shape index (κ3) is 17.3. The first-order chi connectivity index (χ1) is 32.0. The number of aromatic nitrogens is 3. The number of H-pyrrole nitrogens is 2.